The molecule has 0 spiro atoms. The van der Waals surface area contributed by atoms with E-state index in [0.29, 0.717) is 18.5 Å². The molecule has 1 heterocycles. The highest BCUT2D eigenvalue weighted by molar-refractivity contribution is 7.09. The van der Waals surface area contributed by atoms with E-state index in [0.717, 1.165) is 4.88 Å². The number of ether oxygens (including phenoxy) is 1. The highest BCUT2D eigenvalue weighted by Gasteiger charge is 1.96. The van der Waals surface area contributed by atoms with E-state index in [1.54, 1.807) is 11.3 Å². The smallest absolute Gasteiger partial charge is 0.0894 e. The van der Waals surface area contributed by atoms with E-state index in [-0.39, 0.29) is 13.2 Å². The Morgan fingerprint density at radius 1 is 1.41 bits per heavy atom. The maximum atomic E-state index is 12.0. The number of hydrogen-bond acceptors (Lipinski definition) is 3. The van der Waals surface area contributed by atoms with Gasteiger partial charge in [-0.25, -0.2) is 4.39 Å². The lowest BCUT2D eigenvalue weighted by Gasteiger charge is -2.03. The summed E-state index contributed by atoms with van der Waals surface area (Å²) in [5.41, 5.74) is 5.74. The van der Waals surface area contributed by atoms with Gasteiger partial charge in [-0.3, -0.25) is 0 Å². The van der Waals surface area contributed by atoms with Crippen molar-refractivity contribution in [3.05, 3.63) is 34.3 Å². The number of nitrogens with two attached hydrogens (primary N) is 1. The molecule has 0 aromatic carbocycles. The second-order valence-corrected chi connectivity index (χ2v) is 3.58. The van der Waals surface area contributed by atoms with Crippen molar-refractivity contribution in [2.45, 2.75) is 34.3 Å². The van der Waals surface area contributed by atoms with Gasteiger partial charge >= 0.3 is 0 Å². The first kappa shape index (κ1) is 18.6. The van der Waals surface area contributed by atoms with Crippen LogP contribution < -0.4 is 5.73 Å². The van der Waals surface area contributed by atoms with Crippen molar-refractivity contribution in [2.75, 3.05) is 13.2 Å². The van der Waals surface area contributed by atoms with Gasteiger partial charge in [-0.2, -0.15) is 0 Å². The molecule has 0 aliphatic carbocycles. The molecule has 0 fully saturated rings. The molecule has 2 nitrogen and oxygen atoms in total. The third kappa shape index (κ3) is 10.2. The van der Waals surface area contributed by atoms with Gasteiger partial charge in [0.1, 0.15) is 0 Å². The van der Waals surface area contributed by atoms with Gasteiger partial charge in [0.2, 0.25) is 0 Å². The van der Waals surface area contributed by atoms with Crippen molar-refractivity contribution < 1.29 is 9.13 Å². The minimum Gasteiger partial charge on any atom is -0.371 e. The van der Waals surface area contributed by atoms with Gasteiger partial charge in [-0.15, -0.1) is 11.3 Å². The molecule has 1 aromatic heterocycles. The number of rotatable bonds is 5. The maximum absolute atomic E-state index is 12.0. The van der Waals surface area contributed by atoms with Crippen LogP contribution in [-0.4, -0.2) is 13.2 Å². The molecule has 0 unspecified atom stereocenters. The van der Waals surface area contributed by atoms with E-state index >= 15 is 0 Å². The monoisotopic (exact) mass is 261 g/mol. The summed E-state index contributed by atoms with van der Waals surface area (Å²) in [7, 11) is 0. The number of halogens is 1. The summed E-state index contributed by atoms with van der Waals surface area (Å²) < 4.78 is 17.2. The maximum Gasteiger partial charge on any atom is 0.0894 e. The molecule has 0 aliphatic heterocycles. The van der Waals surface area contributed by atoms with Crippen LogP contribution in [0.4, 0.5) is 4.39 Å². The zero-order valence-corrected chi connectivity index (χ0v) is 12.0. The van der Waals surface area contributed by atoms with Gasteiger partial charge in [0, 0.05) is 11.4 Å². The fourth-order valence-corrected chi connectivity index (χ4v) is 1.45. The van der Waals surface area contributed by atoms with Crippen molar-refractivity contribution in [3.63, 3.8) is 0 Å². The third-order valence-corrected chi connectivity index (χ3v) is 2.38. The normalized spacial score (nSPS) is 9.88. The third-order valence-electron chi connectivity index (χ3n) is 1.53. The SMILES string of the molecule is CC.CC.NC/C(=C\F)COCc1cccs1. The standard InChI is InChI=1S/C9H12FNOS.2C2H6/c10-4-8(5-11)6-12-7-9-2-1-3-13-9;2*1-2/h1-4H,5-7,11H2;2*1-2H3/b8-4+;;. The molecule has 0 aliphatic rings. The quantitative estimate of drug-likeness (QED) is 0.865. The van der Waals surface area contributed by atoms with Crippen LogP contribution in [0.25, 0.3) is 0 Å². The average molecular weight is 261 g/mol. The van der Waals surface area contributed by atoms with E-state index in [2.05, 4.69) is 0 Å². The van der Waals surface area contributed by atoms with Crippen LogP contribution in [0.2, 0.25) is 0 Å². The molecule has 2 N–H and O–H groups in total. The Hall–Kier alpha value is -0.710. The molecular weight excluding hydrogens is 237 g/mol. The largest absolute Gasteiger partial charge is 0.371 e. The Labute approximate surface area is 108 Å². The molecule has 0 radical (unpaired) electrons. The lowest BCUT2D eigenvalue weighted by Crippen LogP contribution is -2.08. The predicted octanol–water partition coefficient (Wildman–Crippen LogP) is 4.13. The van der Waals surface area contributed by atoms with Crippen LogP contribution in [0.15, 0.2) is 29.4 Å². The van der Waals surface area contributed by atoms with Crippen molar-refractivity contribution in [2.24, 2.45) is 5.73 Å². The average Bonchev–Trinajstić information content (AvgIpc) is 2.93. The summed E-state index contributed by atoms with van der Waals surface area (Å²) in [4.78, 5) is 1.13. The minimum atomic E-state index is 0.209. The van der Waals surface area contributed by atoms with Gasteiger partial charge < -0.3 is 10.5 Å². The summed E-state index contributed by atoms with van der Waals surface area (Å²) in [6, 6.07) is 3.93. The summed E-state index contributed by atoms with van der Waals surface area (Å²) in [6.45, 7) is 9.00. The molecule has 100 valence electrons. The Bertz CT molecular complexity index is 260. The Morgan fingerprint density at radius 2 is 2.06 bits per heavy atom. The van der Waals surface area contributed by atoms with E-state index in [4.69, 9.17) is 10.5 Å². The first-order valence-corrected chi connectivity index (χ1v) is 6.83. The summed E-state index contributed by atoms with van der Waals surface area (Å²) >= 11 is 1.62. The van der Waals surface area contributed by atoms with Crippen molar-refractivity contribution in [3.8, 4) is 0 Å². The van der Waals surface area contributed by atoms with Crippen LogP contribution in [0.3, 0.4) is 0 Å². The van der Waals surface area contributed by atoms with E-state index in [9.17, 15) is 4.39 Å². The van der Waals surface area contributed by atoms with Crippen LogP contribution in [0.1, 0.15) is 32.6 Å². The van der Waals surface area contributed by atoms with Gasteiger partial charge in [0.05, 0.1) is 19.5 Å². The fraction of sp³-hybridized carbons (Fsp3) is 0.538. The van der Waals surface area contributed by atoms with E-state index in [1.165, 1.54) is 0 Å². The molecule has 1 rings (SSSR count). The van der Waals surface area contributed by atoms with Crippen LogP contribution in [-0.2, 0) is 11.3 Å². The first-order valence-electron chi connectivity index (χ1n) is 5.95. The lowest BCUT2D eigenvalue weighted by atomic mass is 10.3. The molecule has 0 atom stereocenters. The molecule has 0 bridgehead atoms. The zero-order chi connectivity index (χ0) is 13.5. The minimum absolute atomic E-state index is 0.209. The van der Waals surface area contributed by atoms with E-state index < -0.39 is 0 Å². The summed E-state index contributed by atoms with van der Waals surface area (Å²) in [5.74, 6) is 0. The second-order valence-electron chi connectivity index (χ2n) is 2.54. The Morgan fingerprint density at radius 3 is 2.47 bits per heavy atom. The van der Waals surface area contributed by atoms with Gasteiger partial charge in [0.25, 0.3) is 0 Å². The second kappa shape index (κ2) is 15.3. The molecule has 0 amide bonds. The summed E-state index contributed by atoms with van der Waals surface area (Å²) in [5, 5.41) is 1.98. The molecule has 1 aromatic rings. The first-order chi connectivity index (χ1) is 8.36. The van der Waals surface area contributed by atoms with Gasteiger partial charge in [0.15, 0.2) is 0 Å². The van der Waals surface area contributed by atoms with Gasteiger partial charge in [-0.1, -0.05) is 33.8 Å². The lowest BCUT2D eigenvalue weighted by molar-refractivity contribution is 0.143. The zero-order valence-electron chi connectivity index (χ0n) is 11.2. The highest BCUT2D eigenvalue weighted by Crippen LogP contribution is 2.10. The van der Waals surface area contributed by atoms with Gasteiger partial charge in [-0.05, 0) is 17.0 Å². The fourth-order valence-electron chi connectivity index (χ4n) is 0.812. The highest BCUT2D eigenvalue weighted by atomic mass is 32.1. The topological polar surface area (TPSA) is 35.2 Å². The Kier molecular flexibility index (Phi) is 16.8. The molecule has 4 heteroatoms. The van der Waals surface area contributed by atoms with Crippen LogP contribution in [0.5, 0.6) is 0 Å². The molecule has 0 saturated carbocycles. The summed E-state index contributed by atoms with van der Waals surface area (Å²) in [6.07, 6.45) is 0.508. The number of thiophene rings is 1. The Balaban J connectivity index is 0. The van der Waals surface area contributed by atoms with E-state index in [1.807, 2.05) is 45.2 Å². The van der Waals surface area contributed by atoms with Crippen LogP contribution in [0, 0.1) is 0 Å². The predicted molar refractivity (Wildman–Crippen MR) is 74.9 cm³/mol. The number of hydrogen-bond donors (Lipinski definition) is 1. The van der Waals surface area contributed by atoms with Crippen LogP contribution >= 0.6 is 11.3 Å². The van der Waals surface area contributed by atoms with Crippen molar-refractivity contribution in [1.29, 1.82) is 0 Å². The molecule has 17 heavy (non-hydrogen) atoms. The van der Waals surface area contributed by atoms with Crippen molar-refractivity contribution in [1.82, 2.24) is 0 Å². The molecular formula is C13H24FNOS. The van der Waals surface area contributed by atoms with Crippen molar-refractivity contribution >= 4 is 11.3 Å². The molecule has 0 saturated heterocycles.